The van der Waals surface area contributed by atoms with Crippen LogP contribution in [-0.4, -0.2) is 13.3 Å². The Morgan fingerprint density at radius 2 is 1.55 bits per heavy atom. The lowest BCUT2D eigenvalue weighted by molar-refractivity contribution is -0.384. The lowest BCUT2D eigenvalue weighted by Crippen LogP contribution is -2.10. The van der Waals surface area contributed by atoms with Crippen LogP contribution in [0.15, 0.2) is 59.5 Å². The van der Waals surface area contributed by atoms with Crippen molar-refractivity contribution in [3.05, 3.63) is 70.3 Å². The highest BCUT2D eigenvalue weighted by Crippen LogP contribution is 2.29. The van der Waals surface area contributed by atoms with Crippen LogP contribution in [0.2, 0.25) is 0 Å². The first-order chi connectivity index (χ1) is 9.43. The van der Waals surface area contributed by atoms with Crippen LogP contribution in [0.3, 0.4) is 0 Å². The molecule has 0 heterocycles. The molecule has 2 aromatic rings. The normalized spacial score (nSPS) is 12.8. The average Bonchev–Trinajstić information content (AvgIpc) is 2.47. The van der Waals surface area contributed by atoms with E-state index in [-0.39, 0.29) is 10.6 Å². The highest BCUT2D eigenvalue weighted by molar-refractivity contribution is 7.91. The van der Waals surface area contributed by atoms with Gasteiger partial charge in [-0.25, -0.2) is 8.42 Å². The quantitative estimate of drug-likeness (QED) is 0.640. The van der Waals surface area contributed by atoms with E-state index in [1.165, 1.54) is 36.4 Å². The Morgan fingerprint density at radius 3 is 2.05 bits per heavy atom. The van der Waals surface area contributed by atoms with Gasteiger partial charge in [-0.2, -0.15) is 0 Å². The van der Waals surface area contributed by atoms with Crippen molar-refractivity contribution in [3.8, 4) is 0 Å². The monoisotopic (exact) mass is 291 g/mol. The maximum atomic E-state index is 12.4. The van der Waals surface area contributed by atoms with Crippen LogP contribution in [-0.2, 0) is 9.84 Å². The van der Waals surface area contributed by atoms with Gasteiger partial charge in [-0.1, -0.05) is 30.3 Å². The molecular formula is C14H13NO4S. The van der Waals surface area contributed by atoms with E-state index in [4.69, 9.17) is 0 Å². The number of nitrogens with zero attached hydrogens (tertiary/aromatic N) is 1. The molecule has 0 amide bonds. The summed E-state index contributed by atoms with van der Waals surface area (Å²) in [5.41, 5.74) is 0.470. The van der Waals surface area contributed by atoms with E-state index in [1.54, 1.807) is 25.1 Å². The van der Waals surface area contributed by atoms with E-state index in [9.17, 15) is 18.5 Å². The largest absolute Gasteiger partial charge is 0.269 e. The van der Waals surface area contributed by atoms with E-state index in [2.05, 4.69) is 0 Å². The number of benzene rings is 2. The fraction of sp³-hybridized carbons (Fsp3) is 0.143. The maximum absolute atomic E-state index is 12.4. The van der Waals surface area contributed by atoms with Crippen molar-refractivity contribution in [3.63, 3.8) is 0 Å². The zero-order valence-electron chi connectivity index (χ0n) is 10.8. The zero-order chi connectivity index (χ0) is 14.8. The first-order valence-electron chi connectivity index (χ1n) is 5.96. The Kier molecular flexibility index (Phi) is 3.85. The van der Waals surface area contributed by atoms with E-state index in [1.807, 2.05) is 0 Å². The van der Waals surface area contributed by atoms with Crippen LogP contribution in [0, 0.1) is 10.1 Å². The third kappa shape index (κ3) is 2.70. The molecule has 0 aromatic heterocycles. The minimum atomic E-state index is -3.49. The zero-order valence-corrected chi connectivity index (χ0v) is 11.6. The SMILES string of the molecule is C[C@H](c1ccc([N+](=O)[O-])cc1)S(=O)(=O)c1ccccc1. The van der Waals surface area contributed by atoms with Gasteiger partial charge in [-0.3, -0.25) is 10.1 Å². The summed E-state index contributed by atoms with van der Waals surface area (Å²) < 4.78 is 24.8. The number of hydrogen-bond acceptors (Lipinski definition) is 4. The molecule has 0 aliphatic rings. The van der Waals surface area contributed by atoms with E-state index < -0.39 is 20.0 Å². The highest BCUT2D eigenvalue weighted by Gasteiger charge is 2.24. The molecule has 0 aliphatic heterocycles. The number of nitro groups is 1. The molecule has 2 aromatic carbocycles. The molecule has 0 saturated heterocycles. The van der Waals surface area contributed by atoms with Gasteiger partial charge in [0.25, 0.3) is 5.69 Å². The van der Waals surface area contributed by atoms with Crippen molar-refractivity contribution in [1.82, 2.24) is 0 Å². The van der Waals surface area contributed by atoms with Gasteiger partial charge in [-0.15, -0.1) is 0 Å². The summed E-state index contributed by atoms with van der Waals surface area (Å²) in [6.45, 7) is 1.57. The summed E-state index contributed by atoms with van der Waals surface area (Å²) in [5, 5.41) is 9.83. The second kappa shape index (κ2) is 5.42. The third-order valence-corrected chi connectivity index (χ3v) is 5.24. The van der Waals surface area contributed by atoms with Gasteiger partial charge in [0.15, 0.2) is 9.84 Å². The average molecular weight is 291 g/mol. The smallest absolute Gasteiger partial charge is 0.258 e. The third-order valence-electron chi connectivity index (χ3n) is 3.11. The number of hydrogen-bond donors (Lipinski definition) is 0. The standard InChI is InChI=1S/C14H13NO4S/c1-11(12-7-9-13(10-8-12)15(16)17)20(18,19)14-5-3-2-4-6-14/h2-11H,1H3/t11-/m1/s1. The molecule has 20 heavy (non-hydrogen) atoms. The summed E-state index contributed by atoms with van der Waals surface area (Å²) in [6.07, 6.45) is 0. The minimum absolute atomic E-state index is 0.0574. The first-order valence-corrected chi connectivity index (χ1v) is 7.51. The van der Waals surface area contributed by atoms with E-state index in [0.717, 1.165) is 0 Å². The summed E-state index contributed by atoms with van der Waals surface area (Å²) in [7, 11) is -3.49. The second-order valence-electron chi connectivity index (χ2n) is 4.35. The molecule has 0 spiro atoms. The molecule has 1 atom stereocenters. The Balaban J connectivity index is 2.36. The molecule has 0 unspecified atom stereocenters. The van der Waals surface area contributed by atoms with Gasteiger partial charge in [0, 0.05) is 12.1 Å². The second-order valence-corrected chi connectivity index (χ2v) is 6.62. The van der Waals surface area contributed by atoms with Crippen molar-refractivity contribution < 1.29 is 13.3 Å². The Labute approximate surface area is 116 Å². The summed E-state index contributed by atoms with van der Waals surface area (Å²) in [6, 6.07) is 13.7. The first kappa shape index (κ1) is 14.2. The van der Waals surface area contributed by atoms with Crippen LogP contribution in [0.1, 0.15) is 17.7 Å². The molecule has 0 bridgehead atoms. The minimum Gasteiger partial charge on any atom is -0.258 e. The van der Waals surface area contributed by atoms with Crippen LogP contribution in [0.5, 0.6) is 0 Å². The van der Waals surface area contributed by atoms with Gasteiger partial charge in [0.2, 0.25) is 0 Å². The highest BCUT2D eigenvalue weighted by atomic mass is 32.2. The molecule has 2 rings (SSSR count). The molecular weight excluding hydrogens is 278 g/mol. The van der Waals surface area contributed by atoms with Gasteiger partial charge >= 0.3 is 0 Å². The van der Waals surface area contributed by atoms with Crippen LogP contribution in [0.4, 0.5) is 5.69 Å². The van der Waals surface area contributed by atoms with Crippen LogP contribution < -0.4 is 0 Å². The molecule has 0 N–H and O–H groups in total. The number of non-ortho nitro benzene ring substituents is 1. The predicted molar refractivity (Wildman–Crippen MR) is 75.1 cm³/mol. The van der Waals surface area contributed by atoms with Crippen molar-refractivity contribution in [2.45, 2.75) is 17.1 Å². The number of sulfone groups is 1. The summed E-state index contributed by atoms with van der Waals surface area (Å²) in [4.78, 5) is 10.3. The lowest BCUT2D eigenvalue weighted by atomic mass is 10.1. The lowest BCUT2D eigenvalue weighted by Gasteiger charge is -2.13. The molecule has 0 saturated carbocycles. The molecule has 5 nitrogen and oxygen atoms in total. The van der Waals surface area contributed by atoms with Crippen molar-refractivity contribution in [2.75, 3.05) is 0 Å². The van der Waals surface area contributed by atoms with Crippen molar-refractivity contribution in [1.29, 1.82) is 0 Å². The number of nitro benzene ring substituents is 1. The molecule has 0 aliphatic carbocycles. The maximum Gasteiger partial charge on any atom is 0.269 e. The van der Waals surface area contributed by atoms with Gasteiger partial charge in [0.05, 0.1) is 15.1 Å². The summed E-state index contributed by atoms with van der Waals surface area (Å²) in [5.74, 6) is 0. The van der Waals surface area contributed by atoms with Crippen LogP contribution in [0.25, 0.3) is 0 Å². The van der Waals surface area contributed by atoms with Crippen LogP contribution >= 0.6 is 0 Å². The molecule has 0 radical (unpaired) electrons. The Hall–Kier alpha value is -2.21. The van der Waals surface area contributed by atoms with Crippen molar-refractivity contribution >= 4 is 15.5 Å². The predicted octanol–water partition coefficient (Wildman–Crippen LogP) is 3.13. The number of rotatable bonds is 4. The molecule has 104 valence electrons. The summed E-state index contributed by atoms with van der Waals surface area (Å²) >= 11 is 0. The van der Waals surface area contributed by atoms with Crippen molar-refractivity contribution in [2.24, 2.45) is 0 Å². The Morgan fingerprint density at radius 1 is 1.00 bits per heavy atom. The van der Waals surface area contributed by atoms with E-state index >= 15 is 0 Å². The molecule has 0 fully saturated rings. The fourth-order valence-electron chi connectivity index (χ4n) is 1.86. The Bertz CT molecular complexity index is 709. The fourth-order valence-corrected chi connectivity index (χ4v) is 3.32. The topological polar surface area (TPSA) is 77.3 Å². The van der Waals surface area contributed by atoms with Gasteiger partial charge < -0.3 is 0 Å². The van der Waals surface area contributed by atoms with E-state index in [0.29, 0.717) is 5.56 Å². The molecule has 6 heteroatoms. The van der Waals surface area contributed by atoms with Gasteiger partial charge in [0.1, 0.15) is 0 Å². The van der Waals surface area contributed by atoms with Gasteiger partial charge in [-0.05, 0) is 24.6 Å².